The Kier molecular flexibility index (Phi) is 7.73. The number of phenolic OH excluding ortho intramolecular Hbond substituents is 1. The lowest BCUT2D eigenvalue weighted by atomic mass is 9.46. The Balaban J connectivity index is 1.91. The van der Waals surface area contributed by atoms with Gasteiger partial charge in [0.05, 0.1) is 6.10 Å². The lowest BCUT2D eigenvalue weighted by Crippen LogP contribution is -2.58. The van der Waals surface area contributed by atoms with E-state index in [-0.39, 0.29) is 34.7 Å². The highest BCUT2D eigenvalue weighted by molar-refractivity contribution is 6.74. The van der Waals surface area contributed by atoms with Crippen LogP contribution >= 0.6 is 0 Å². The Morgan fingerprint density at radius 3 is 2.44 bits per heavy atom. The van der Waals surface area contributed by atoms with Gasteiger partial charge < -0.3 is 19.0 Å². The molecule has 0 heterocycles. The molecule has 1 N–H and O–H groups in total. The normalized spacial score (nSPS) is 29.6. The van der Waals surface area contributed by atoms with E-state index in [9.17, 15) is 5.11 Å². The number of aromatic hydroxyl groups is 1. The Hall–Kier alpha value is -1.30. The average Bonchev–Trinajstić information content (AvgIpc) is 2.71. The highest BCUT2D eigenvalue weighted by Gasteiger charge is 2.57. The number of benzene rings is 1. The third kappa shape index (κ3) is 4.98. The lowest BCUT2D eigenvalue weighted by molar-refractivity contribution is -0.118. The van der Waals surface area contributed by atoms with Gasteiger partial charge >= 0.3 is 0 Å². The van der Waals surface area contributed by atoms with Crippen molar-refractivity contribution >= 4 is 8.32 Å². The predicted molar refractivity (Wildman–Crippen MR) is 143 cm³/mol. The van der Waals surface area contributed by atoms with Gasteiger partial charge in [-0.25, -0.2) is 0 Å². The summed E-state index contributed by atoms with van der Waals surface area (Å²) in [6, 6.07) is 5.51. The SMILES string of the molecule is C=C1CC[C@H]2C(C)(C)[C@@H](O[Si](C)(C)C(C)(C)C)CC[C@]2(C)[C@H]1Cc1c(O)cccc1OCOC. The van der Waals surface area contributed by atoms with E-state index in [1.807, 2.05) is 12.1 Å². The van der Waals surface area contributed by atoms with Crippen molar-refractivity contribution < 1.29 is 19.0 Å². The van der Waals surface area contributed by atoms with Crippen LogP contribution in [0.2, 0.25) is 18.1 Å². The van der Waals surface area contributed by atoms with Crippen molar-refractivity contribution in [3.8, 4) is 11.5 Å². The van der Waals surface area contributed by atoms with Gasteiger partial charge in [0.1, 0.15) is 11.5 Å². The van der Waals surface area contributed by atoms with Gasteiger partial charge in [0.15, 0.2) is 15.1 Å². The van der Waals surface area contributed by atoms with E-state index in [4.69, 9.17) is 13.9 Å². The van der Waals surface area contributed by atoms with Crippen LogP contribution < -0.4 is 4.74 Å². The molecule has 0 radical (unpaired) electrons. The highest BCUT2D eigenvalue weighted by Crippen LogP contribution is 2.63. The van der Waals surface area contributed by atoms with Crippen LogP contribution in [0.25, 0.3) is 0 Å². The van der Waals surface area contributed by atoms with Gasteiger partial charge in [-0.2, -0.15) is 0 Å². The molecule has 5 heteroatoms. The van der Waals surface area contributed by atoms with Crippen LogP contribution in [-0.4, -0.2) is 33.4 Å². The molecule has 0 spiro atoms. The topological polar surface area (TPSA) is 47.9 Å². The summed E-state index contributed by atoms with van der Waals surface area (Å²) >= 11 is 0. The van der Waals surface area contributed by atoms with E-state index >= 15 is 0 Å². The predicted octanol–water partition coefficient (Wildman–Crippen LogP) is 7.72. The molecule has 3 rings (SSSR count). The van der Waals surface area contributed by atoms with E-state index in [1.165, 1.54) is 5.57 Å². The maximum absolute atomic E-state index is 10.8. The van der Waals surface area contributed by atoms with Crippen LogP contribution in [0.5, 0.6) is 11.5 Å². The fourth-order valence-electron chi connectivity index (χ4n) is 6.49. The van der Waals surface area contributed by atoms with Gasteiger partial charge in [0.25, 0.3) is 0 Å². The van der Waals surface area contributed by atoms with Crippen LogP contribution in [0, 0.1) is 22.7 Å². The van der Waals surface area contributed by atoms with Gasteiger partial charge in [-0.15, -0.1) is 0 Å². The molecule has 0 bridgehead atoms. The molecule has 1 aromatic rings. The molecule has 0 amide bonds. The largest absolute Gasteiger partial charge is 0.508 e. The van der Waals surface area contributed by atoms with Gasteiger partial charge in [-0.05, 0) is 85.0 Å². The molecule has 2 aliphatic carbocycles. The maximum Gasteiger partial charge on any atom is 0.192 e. The lowest BCUT2D eigenvalue weighted by Gasteiger charge is -2.61. The van der Waals surface area contributed by atoms with Crippen molar-refractivity contribution in [2.45, 2.75) is 97.9 Å². The quantitative estimate of drug-likeness (QED) is 0.242. The minimum Gasteiger partial charge on any atom is -0.508 e. The second-order valence-electron chi connectivity index (χ2n) is 13.0. The van der Waals surface area contributed by atoms with Crippen molar-refractivity contribution in [1.82, 2.24) is 0 Å². The molecule has 1 aromatic carbocycles. The summed E-state index contributed by atoms with van der Waals surface area (Å²) in [6.07, 6.45) is 5.40. The van der Waals surface area contributed by atoms with Crippen LogP contribution in [0.4, 0.5) is 0 Å². The number of phenols is 1. The minimum absolute atomic E-state index is 0.0790. The summed E-state index contributed by atoms with van der Waals surface area (Å²) in [5.41, 5.74) is 2.35. The van der Waals surface area contributed by atoms with Crippen LogP contribution in [0.15, 0.2) is 30.4 Å². The summed E-state index contributed by atoms with van der Waals surface area (Å²) < 4.78 is 18.0. The average molecular weight is 489 g/mol. The molecule has 0 saturated heterocycles. The molecule has 4 nitrogen and oxygen atoms in total. The van der Waals surface area contributed by atoms with Crippen LogP contribution in [0.3, 0.4) is 0 Å². The number of allylic oxidation sites excluding steroid dienone is 1. The van der Waals surface area contributed by atoms with E-state index in [2.05, 4.69) is 61.2 Å². The van der Waals surface area contributed by atoms with Crippen molar-refractivity contribution in [2.75, 3.05) is 13.9 Å². The molecule has 0 aromatic heterocycles. The molecular weight excluding hydrogens is 440 g/mol. The Morgan fingerprint density at radius 2 is 1.82 bits per heavy atom. The van der Waals surface area contributed by atoms with Crippen molar-refractivity contribution in [3.05, 3.63) is 35.9 Å². The van der Waals surface area contributed by atoms with E-state index < -0.39 is 8.32 Å². The standard InChI is InChI=1S/C29H48O4Si/c1-20-14-15-25-28(5,6)26(33-34(9,10)27(2,3)4)16-17-29(25,7)22(20)18-21-23(30)12-11-13-24(21)32-19-31-8/h11-13,22,25-26,30H,1,14-19H2,2-10H3/t22-,25-,26-,29+/m0/s1. The summed E-state index contributed by atoms with van der Waals surface area (Å²) in [4.78, 5) is 0. The molecule has 34 heavy (non-hydrogen) atoms. The summed E-state index contributed by atoms with van der Waals surface area (Å²) in [7, 11) is -0.246. The third-order valence-corrected chi connectivity index (χ3v) is 14.1. The number of hydrogen-bond donors (Lipinski definition) is 1. The number of ether oxygens (including phenoxy) is 2. The molecule has 0 aliphatic heterocycles. The highest BCUT2D eigenvalue weighted by atomic mass is 28.4. The Labute approximate surface area is 209 Å². The van der Waals surface area contributed by atoms with Crippen LogP contribution in [-0.2, 0) is 15.6 Å². The number of rotatable bonds is 7. The summed E-state index contributed by atoms with van der Waals surface area (Å²) in [6.45, 7) is 23.8. The Bertz CT molecular complexity index is 885. The minimum atomic E-state index is -1.86. The van der Waals surface area contributed by atoms with Gasteiger partial charge in [0.2, 0.25) is 0 Å². The molecule has 192 valence electrons. The maximum atomic E-state index is 10.8. The second kappa shape index (κ2) is 9.63. The van der Waals surface area contributed by atoms with Gasteiger partial charge in [-0.3, -0.25) is 0 Å². The zero-order valence-corrected chi connectivity index (χ0v) is 24.1. The number of hydrogen-bond acceptors (Lipinski definition) is 4. The smallest absolute Gasteiger partial charge is 0.192 e. The number of methoxy groups -OCH3 is 1. The van der Waals surface area contributed by atoms with Crippen LogP contribution in [0.1, 0.15) is 72.8 Å². The summed E-state index contributed by atoms with van der Waals surface area (Å²) in [5.74, 6) is 1.82. The zero-order valence-electron chi connectivity index (χ0n) is 23.1. The monoisotopic (exact) mass is 488 g/mol. The molecule has 2 fully saturated rings. The van der Waals surface area contributed by atoms with E-state index in [0.29, 0.717) is 17.4 Å². The van der Waals surface area contributed by atoms with Crippen molar-refractivity contribution in [1.29, 1.82) is 0 Å². The molecule has 4 atom stereocenters. The summed E-state index contributed by atoms with van der Waals surface area (Å²) in [5, 5.41) is 11.0. The molecular formula is C29H48O4Si. The van der Waals surface area contributed by atoms with Crippen molar-refractivity contribution in [3.63, 3.8) is 0 Å². The first kappa shape index (κ1) is 27.3. The van der Waals surface area contributed by atoms with Crippen molar-refractivity contribution in [2.24, 2.45) is 22.7 Å². The second-order valence-corrected chi connectivity index (χ2v) is 17.8. The molecule has 0 unspecified atom stereocenters. The van der Waals surface area contributed by atoms with Gasteiger partial charge in [0, 0.05) is 12.7 Å². The fraction of sp³-hybridized carbons (Fsp3) is 0.724. The first-order valence-corrected chi connectivity index (χ1v) is 15.8. The Morgan fingerprint density at radius 1 is 1.15 bits per heavy atom. The third-order valence-electron chi connectivity index (χ3n) is 9.60. The fourth-order valence-corrected chi connectivity index (χ4v) is 7.98. The first-order chi connectivity index (χ1) is 15.6. The first-order valence-electron chi connectivity index (χ1n) is 12.9. The molecule has 2 saturated carbocycles. The zero-order chi connectivity index (χ0) is 25.5. The van der Waals surface area contributed by atoms with Gasteiger partial charge in [-0.1, -0.05) is 59.8 Å². The number of fused-ring (bicyclic) bond motifs is 1. The van der Waals surface area contributed by atoms with E-state index in [1.54, 1.807) is 13.2 Å². The van der Waals surface area contributed by atoms with E-state index in [0.717, 1.165) is 37.7 Å². The molecule has 2 aliphatic rings.